The second kappa shape index (κ2) is 9.47. The summed E-state index contributed by atoms with van der Waals surface area (Å²) in [5.41, 5.74) is 2.65. The molecule has 2 amide bonds. The fraction of sp³-hybridized carbons (Fsp3) is 0.423. The number of amides is 2. The van der Waals surface area contributed by atoms with E-state index in [1.807, 2.05) is 12.1 Å². The van der Waals surface area contributed by atoms with Crippen molar-refractivity contribution < 1.29 is 14.3 Å². The van der Waals surface area contributed by atoms with Crippen LogP contribution in [0.25, 0.3) is 11.7 Å². The molecule has 11 nitrogen and oxygen atoms in total. The Morgan fingerprint density at radius 2 is 1.84 bits per heavy atom. The number of ether oxygens (including phenoxy) is 1. The van der Waals surface area contributed by atoms with E-state index in [4.69, 9.17) is 4.74 Å². The van der Waals surface area contributed by atoms with Gasteiger partial charge in [0.25, 0.3) is 5.91 Å². The first-order valence-electron chi connectivity index (χ1n) is 12.8. The highest BCUT2D eigenvalue weighted by molar-refractivity contribution is 6.15. The van der Waals surface area contributed by atoms with Crippen LogP contribution in [0, 0.1) is 0 Å². The Balaban J connectivity index is 1.24. The maximum absolute atomic E-state index is 12.1. The standard InChI is InChI=1S/C26H30N8O3/c1-16(2)32-9-11-33(12-10-32)20-5-7-21(8-6-20)37-26-30-23-18(13-17-14-22(35)29-24(17)36)15-27-34(23)25(31-26)28-19-3-4-19/h5-8,13,15-16,19H,3-4,9-12,14H2,1-2H3,(H,28,30,31)(H,29,35,36)/b17-13+. The topological polar surface area (TPSA) is 117 Å². The number of piperazine rings is 1. The number of nitrogens with one attached hydrogen (secondary N) is 2. The number of nitrogens with zero attached hydrogens (tertiary/aromatic N) is 6. The van der Waals surface area contributed by atoms with Gasteiger partial charge in [0.2, 0.25) is 11.9 Å². The maximum atomic E-state index is 12.1. The lowest BCUT2D eigenvalue weighted by molar-refractivity contribution is -0.124. The van der Waals surface area contributed by atoms with E-state index >= 15 is 0 Å². The van der Waals surface area contributed by atoms with Crippen LogP contribution in [0.3, 0.4) is 0 Å². The van der Waals surface area contributed by atoms with Crippen molar-refractivity contribution in [3.8, 4) is 11.8 Å². The van der Waals surface area contributed by atoms with E-state index in [2.05, 4.69) is 61.5 Å². The molecule has 1 aromatic carbocycles. The molecule has 37 heavy (non-hydrogen) atoms. The number of rotatable bonds is 7. The largest absolute Gasteiger partial charge is 0.424 e. The summed E-state index contributed by atoms with van der Waals surface area (Å²) in [7, 11) is 0. The predicted octanol–water partition coefficient (Wildman–Crippen LogP) is 2.45. The van der Waals surface area contributed by atoms with E-state index in [0.717, 1.165) is 44.7 Å². The highest BCUT2D eigenvalue weighted by atomic mass is 16.5. The summed E-state index contributed by atoms with van der Waals surface area (Å²) in [6.07, 6.45) is 5.43. The molecule has 2 N–H and O–H groups in total. The van der Waals surface area contributed by atoms with Crippen LogP contribution in [0.5, 0.6) is 11.8 Å². The van der Waals surface area contributed by atoms with E-state index in [1.165, 1.54) is 0 Å². The third kappa shape index (κ3) is 4.99. The first kappa shape index (κ1) is 23.4. The Kier molecular flexibility index (Phi) is 5.99. The molecule has 1 aliphatic carbocycles. The number of hydrogen-bond acceptors (Lipinski definition) is 9. The monoisotopic (exact) mass is 502 g/mol. The number of hydrogen-bond donors (Lipinski definition) is 2. The molecule has 3 fully saturated rings. The molecular weight excluding hydrogens is 472 g/mol. The normalized spacial score (nSPS) is 19.8. The molecule has 192 valence electrons. The Morgan fingerprint density at radius 3 is 2.49 bits per heavy atom. The average molecular weight is 503 g/mol. The molecule has 1 saturated carbocycles. The molecular formula is C26H30N8O3. The van der Waals surface area contributed by atoms with Gasteiger partial charge in [-0.15, -0.1) is 0 Å². The summed E-state index contributed by atoms with van der Waals surface area (Å²) in [4.78, 5) is 37.7. The summed E-state index contributed by atoms with van der Waals surface area (Å²) in [6, 6.07) is 9.07. The first-order chi connectivity index (χ1) is 17.9. The first-order valence-corrected chi connectivity index (χ1v) is 12.8. The molecule has 4 heterocycles. The van der Waals surface area contributed by atoms with Gasteiger partial charge in [-0.3, -0.25) is 19.8 Å². The van der Waals surface area contributed by atoms with Gasteiger partial charge >= 0.3 is 6.01 Å². The van der Waals surface area contributed by atoms with Crippen molar-refractivity contribution in [1.29, 1.82) is 0 Å². The number of benzene rings is 1. The summed E-state index contributed by atoms with van der Waals surface area (Å²) in [5.74, 6) is 0.454. The van der Waals surface area contributed by atoms with E-state index in [0.29, 0.717) is 40.6 Å². The zero-order valence-corrected chi connectivity index (χ0v) is 21.0. The van der Waals surface area contributed by atoms with Crippen LogP contribution in [0.2, 0.25) is 0 Å². The minimum absolute atomic E-state index is 0.0384. The molecule has 0 spiro atoms. The van der Waals surface area contributed by atoms with E-state index in [9.17, 15) is 9.59 Å². The molecule has 0 unspecified atom stereocenters. The van der Waals surface area contributed by atoms with Crippen LogP contribution in [0.15, 0.2) is 36.0 Å². The molecule has 3 aromatic rings. The average Bonchev–Trinajstić information content (AvgIpc) is 3.53. The molecule has 2 aromatic heterocycles. The van der Waals surface area contributed by atoms with Crippen LogP contribution in [-0.4, -0.2) is 74.6 Å². The number of aromatic nitrogens is 4. The summed E-state index contributed by atoms with van der Waals surface area (Å²) >= 11 is 0. The Labute approximate surface area is 214 Å². The summed E-state index contributed by atoms with van der Waals surface area (Å²) in [5, 5.41) is 10.1. The lowest BCUT2D eigenvalue weighted by Gasteiger charge is -2.38. The van der Waals surface area contributed by atoms with Gasteiger partial charge in [-0.25, -0.2) is 0 Å². The van der Waals surface area contributed by atoms with Crippen molar-refractivity contribution >= 4 is 35.2 Å². The van der Waals surface area contributed by atoms with Crippen molar-refractivity contribution in [3.05, 3.63) is 41.6 Å². The van der Waals surface area contributed by atoms with Gasteiger partial charge in [-0.1, -0.05) is 0 Å². The van der Waals surface area contributed by atoms with Crippen LogP contribution in [0.1, 0.15) is 38.7 Å². The number of fused-ring (bicyclic) bond motifs is 1. The van der Waals surface area contributed by atoms with Gasteiger partial charge in [0, 0.05) is 55.1 Å². The van der Waals surface area contributed by atoms with Crippen molar-refractivity contribution in [2.24, 2.45) is 0 Å². The van der Waals surface area contributed by atoms with Crippen LogP contribution in [-0.2, 0) is 9.59 Å². The second-order valence-electron chi connectivity index (χ2n) is 10.0. The summed E-state index contributed by atoms with van der Waals surface area (Å²) < 4.78 is 7.67. The number of anilines is 2. The van der Waals surface area contributed by atoms with Crippen molar-refractivity contribution in [3.63, 3.8) is 0 Å². The predicted molar refractivity (Wildman–Crippen MR) is 139 cm³/mol. The third-order valence-electron chi connectivity index (χ3n) is 6.97. The SMILES string of the molecule is CC(C)N1CCN(c2ccc(Oc3nc(NC4CC4)n4ncc(/C=C5\CC(=O)NC5=O)c4n3)cc2)CC1. The van der Waals surface area contributed by atoms with Crippen molar-refractivity contribution in [2.45, 2.75) is 45.2 Å². The van der Waals surface area contributed by atoms with Gasteiger partial charge in [0.15, 0.2) is 5.65 Å². The van der Waals surface area contributed by atoms with E-state index < -0.39 is 5.91 Å². The number of carbonyl (C=O) groups excluding carboxylic acids is 2. The smallest absolute Gasteiger partial charge is 0.327 e. The Hall–Kier alpha value is -3.99. The van der Waals surface area contributed by atoms with Crippen molar-refractivity contribution in [2.75, 3.05) is 36.4 Å². The molecule has 2 aliphatic heterocycles. The van der Waals surface area contributed by atoms with Crippen LogP contribution >= 0.6 is 0 Å². The van der Waals surface area contributed by atoms with Gasteiger partial charge in [-0.05, 0) is 57.0 Å². The highest BCUT2D eigenvalue weighted by Gasteiger charge is 2.26. The second-order valence-corrected chi connectivity index (χ2v) is 10.0. The minimum atomic E-state index is -0.392. The molecule has 11 heteroatoms. The molecule has 0 atom stereocenters. The van der Waals surface area contributed by atoms with Gasteiger partial charge in [0.05, 0.1) is 12.6 Å². The minimum Gasteiger partial charge on any atom is -0.424 e. The quantitative estimate of drug-likeness (QED) is 0.371. The Morgan fingerprint density at radius 1 is 1.08 bits per heavy atom. The number of imide groups is 1. The maximum Gasteiger partial charge on any atom is 0.327 e. The molecule has 0 bridgehead atoms. The third-order valence-corrected chi connectivity index (χ3v) is 6.97. The number of carbonyl (C=O) groups is 2. The van der Waals surface area contributed by atoms with E-state index in [1.54, 1.807) is 16.8 Å². The zero-order valence-electron chi connectivity index (χ0n) is 21.0. The lowest BCUT2D eigenvalue weighted by atomic mass is 10.1. The fourth-order valence-corrected chi connectivity index (χ4v) is 4.66. The van der Waals surface area contributed by atoms with E-state index in [-0.39, 0.29) is 18.3 Å². The fourth-order valence-electron chi connectivity index (χ4n) is 4.66. The van der Waals surface area contributed by atoms with Crippen molar-refractivity contribution in [1.82, 2.24) is 29.8 Å². The van der Waals surface area contributed by atoms with Gasteiger partial charge < -0.3 is 15.0 Å². The molecule has 3 aliphatic rings. The van der Waals surface area contributed by atoms with Gasteiger partial charge in [0.1, 0.15) is 5.75 Å². The van der Waals surface area contributed by atoms with Crippen LogP contribution in [0.4, 0.5) is 11.6 Å². The Bertz CT molecular complexity index is 1370. The molecule has 0 radical (unpaired) electrons. The zero-order chi connectivity index (χ0) is 25.5. The summed E-state index contributed by atoms with van der Waals surface area (Å²) in [6.45, 7) is 8.58. The molecule has 2 saturated heterocycles. The highest BCUT2D eigenvalue weighted by Crippen LogP contribution is 2.29. The lowest BCUT2D eigenvalue weighted by Crippen LogP contribution is -2.48. The van der Waals surface area contributed by atoms with Gasteiger partial charge in [-0.2, -0.15) is 19.6 Å². The van der Waals surface area contributed by atoms with Crippen LogP contribution < -0.4 is 20.3 Å². The molecule has 6 rings (SSSR count).